The van der Waals surface area contributed by atoms with Crippen LogP contribution in [-0.2, 0) is 16.4 Å². The van der Waals surface area contributed by atoms with Crippen LogP contribution in [0.2, 0.25) is 0 Å². The van der Waals surface area contributed by atoms with Crippen molar-refractivity contribution in [3.63, 3.8) is 0 Å². The van der Waals surface area contributed by atoms with E-state index < -0.39 is 22.9 Å². The summed E-state index contributed by atoms with van der Waals surface area (Å²) in [5.74, 6) is -0.301. The fraction of sp³-hybridized carbons (Fsp3) is 0.250. The summed E-state index contributed by atoms with van der Waals surface area (Å²) >= 11 is 0. The SMILES string of the molecule is COc1nc(-n2cc(S(N)(=O)=O)c3cccc(-n4ccc(C)n4)c32)nc(OC)c1CC(F)F. The molecule has 0 amide bonds. The summed E-state index contributed by atoms with van der Waals surface area (Å²) in [7, 11) is -1.57. The molecule has 174 valence electrons. The van der Waals surface area contributed by atoms with Crippen molar-refractivity contribution in [2.24, 2.45) is 5.14 Å². The summed E-state index contributed by atoms with van der Waals surface area (Å²) in [5, 5.41) is 10.2. The average molecular weight is 478 g/mol. The largest absolute Gasteiger partial charge is 0.481 e. The second kappa shape index (κ2) is 8.41. The van der Waals surface area contributed by atoms with Crippen LogP contribution in [-0.4, -0.2) is 53.4 Å². The van der Waals surface area contributed by atoms with Gasteiger partial charge in [-0.2, -0.15) is 15.1 Å². The molecule has 0 bridgehead atoms. The van der Waals surface area contributed by atoms with Gasteiger partial charge in [0.05, 0.1) is 36.7 Å². The Bertz CT molecular complexity index is 1420. The number of rotatable bonds is 7. The molecule has 0 aliphatic heterocycles. The molecule has 0 atom stereocenters. The van der Waals surface area contributed by atoms with Gasteiger partial charge in [0.1, 0.15) is 4.90 Å². The summed E-state index contributed by atoms with van der Waals surface area (Å²) in [6.07, 6.45) is -0.385. The molecule has 10 nitrogen and oxygen atoms in total. The number of fused-ring (bicyclic) bond motifs is 1. The number of alkyl halides is 2. The summed E-state index contributed by atoms with van der Waals surface area (Å²) in [4.78, 5) is 8.35. The Morgan fingerprint density at radius 2 is 1.79 bits per heavy atom. The van der Waals surface area contributed by atoms with Gasteiger partial charge in [0.2, 0.25) is 34.2 Å². The second-order valence-corrected chi connectivity index (χ2v) is 8.63. The Labute approximate surface area is 187 Å². The Balaban J connectivity index is 2.07. The lowest BCUT2D eigenvalue weighted by Gasteiger charge is -2.14. The first kappa shape index (κ1) is 22.6. The molecule has 0 unspecified atom stereocenters. The van der Waals surface area contributed by atoms with Gasteiger partial charge >= 0.3 is 0 Å². The van der Waals surface area contributed by atoms with E-state index in [4.69, 9.17) is 14.6 Å². The minimum absolute atomic E-state index is 0.00944. The van der Waals surface area contributed by atoms with Crippen molar-refractivity contribution in [2.45, 2.75) is 24.7 Å². The zero-order chi connectivity index (χ0) is 23.9. The highest BCUT2D eigenvalue weighted by molar-refractivity contribution is 7.89. The molecule has 33 heavy (non-hydrogen) atoms. The van der Waals surface area contributed by atoms with Crippen LogP contribution in [0.15, 0.2) is 41.6 Å². The average Bonchev–Trinajstić information content (AvgIpc) is 3.37. The minimum Gasteiger partial charge on any atom is -0.481 e. The monoisotopic (exact) mass is 478 g/mol. The Morgan fingerprint density at radius 1 is 1.12 bits per heavy atom. The van der Waals surface area contributed by atoms with E-state index in [9.17, 15) is 17.2 Å². The fourth-order valence-electron chi connectivity index (χ4n) is 3.56. The first-order valence-corrected chi connectivity index (χ1v) is 11.2. The van der Waals surface area contributed by atoms with E-state index >= 15 is 0 Å². The zero-order valence-electron chi connectivity index (χ0n) is 17.9. The molecule has 4 rings (SSSR count). The van der Waals surface area contributed by atoms with E-state index in [0.717, 1.165) is 5.69 Å². The van der Waals surface area contributed by atoms with Crippen LogP contribution < -0.4 is 14.6 Å². The third-order valence-corrected chi connectivity index (χ3v) is 5.86. The van der Waals surface area contributed by atoms with E-state index in [0.29, 0.717) is 16.6 Å². The third kappa shape index (κ3) is 4.12. The standard InChI is InChI=1S/C20H20F2N6O4S/c1-11-7-8-28(26-11)14-6-4-5-12-15(33(23,29)30)10-27(17(12)14)20-24-18(31-2)13(9-16(21)22)19(25-20)32-3/h4-8,10,16H,9H2,1-3H3,(H2,23,29,30). The molecule has 13 heteroatoms. The Kier molecular flexibility index (Phi) is 5.76. The molecule has 3 heterocycles. The fourth-order valence-corrected chi connectivity index (χ4v) is 4.28. The number of benzene rings is 1. The number of halogens is 2. The van der Waals surface area contributed by atoms with Gasteiger partial charge in [0, 0.05) is 24.2 Å². The van der Waals surface area contributed by atoms with Crippen LogP contribution in [0.1, 0.15) is 11.3 Å². The predicted molar refractivity (Wildman–Crippen MR) is 115 cm³/mol. The lowest BCUT2D eigenvalue weighted by atomic mass is 10.2. The van der Waals surface area contributed by atoms with Gasteiger partial charge in [0.25, 0.3) is 0 Å². The van der Waals surface area contributed by atoms with Gasteiger partial charge in [-0.3, -0.25) is 4.57 Å². The number of nitrogens with zero attached hydrogens (tertiary/aromatic N) is 5. The Morgan fingerprint density at radius 3 is 2.30 bits per heavy atom. The summed E-state index contributed by atoms with van der Waals surface area (Å²) in [6, 6.07) is 6.78. The minimum atomic E-state index is -4.13. The maximum atomic E-state index is 13.1. The van der Waals surface area contributed by atoms with Gasteiger partial charge in [-0.25, -0.2) is 27.0 Å². The molecule has 1 aromatic carbocycles. The highest BCUT2D eigenvalue weighted by atomic mass is 32.2. The van der Waals surface area contributed by atoms with E-state index in [2.05, 4.69) is 15.1 Å². The zero-order valence-corrected chi connectivity index (χ0v) is 18.7. The molecule has 3 aromatic heterocycles. The van der Waals surface area contributed by atoms with Gasteiger partial charge in [-0.05, 0) is 19.1 Å². The normalized spacial score (nSPS) is 12.0. The number of aromatic nitrogens is 5. The van der Waals surface area contributed by atoms with Crippen LogP contribution in [0.4, 0.5) is 8.78 Å². The molecular weight excluding hydrogens is 458 g/mol. The van der Waals surface area contributed by atoms with Gasteiger partial charge in [-0.15, -0.1) is 0 Å². The van der Waals surface area contributed by atoms with Crippen molar-refractivity contribution in [1.29, 1.82) is 0 Å². The predicted octanol–water partition coefficient (Wildman–Crippen LogP) is 2.39. The lowest BCUT2D eigenvalue weighted by Crippen LogP contribution is -2.12. The van der Waals surface area contributed by atoms with Crippen LogP contribution in [0.25, 0.3) is 22.5 Å². The molecule has 0 aliphatic rings. The van der Waals surface area contributed by atoms with Gasteiger partial charge in [-0.1, -0.05) is 12.1 Å². The second-order valence-electron chi connectivity index (χ2n) is 7.10. The van der Waals surface area contributed by atoms with Crippen molar-refractivity contribution in [1.82, 2.24) is 24.3 Å². The van der Waals surface area contributed by atoms with Crippen LogP contribution in [0.5, 0.6) is 11.8 Å². The van der Waals surface area contributed by atoms with E-state index in [-0.39, 0.29) is 28.2 Å². The first-order chi connectivity index (χ1) is 15.6. The van der Waals surface area contributed by atoms with Crippen LogP contribution in [0, 0.1) is 6.92 Å². The number of hydrogen-bond donors (Lipinski definition) is 1. The van der Waals surface area contributed by atoms with Crippen molar-refractivity contribution >= 4 is 20.9 Å². The molecule has 0 radical (unpaired) electrons. The quantitative estimate of drug-likeness (QED) is 0.432. The topological polar surface area (TPSA) is 127 Å². The van der Waals surface area contributed by atoms with E-state index in [1.807, 2.05) is 6.92 Å². The van der Waals surface area contributed by atoms with Crippen molar-refractivity contribution < 1.29 is 26.7 Å². The van der Waals surface area contributed by atoms with E-state index in [1.54, 1.807) is 35.1 Å². The molecule has 0 spiro atoms. The molecule has 2 N–H and O–H groups in total. The van der Waals surface area contributed by atoms with Crippen molar-refractivity contribution in [2.75, 3.05) is 14.2 Å². The smallest absolute Gasteiger partial charge is 0.243 e. The number of para-hydroxylation sites is 1. The number of primary sulfonamides is 1. The number of aryl methyl sites for hydroxylation is 1. The number of sulfonamides is 1. The summed E-state index contributed by atoms with van der Waals surface area (Å²) in [6.45, 7) is 1.81. The third-order valence-electron chi connectivity index (χ3n) is 4.92. The number of methoxy groups -OCH3 is 2. The Hall–Kier alpha value is -3.58. The number of hydrogen-bond acceptors (Lipinski definition) is 7. The number of nitrogens with two attached hydrogens (primary N) is 1. The maximum absolute atomic E-state index is 13.1. The molecule has 0 fully saturated rings. The molecule has 0 saturated heterocycles. The van der Waals surface area contributed by atoms with Gasteiger partial charge in [0.15, 0.2) is 0 Å². The highest BCUT2D eigenvalue weighted by Gasteiger charge is 2.25. The highest BCUT2D eigenvalue weighted by Crippen LogP contribution is 2.34. The van der Waals surface area contributed by atoms with Crippen LogP contribution >= 0.6 is 0 Å². The molecule has 0 aliphatic carbocycles. The van der Waals surface area contributed by atoms with Crippen molar-refractivity contribution in [3.8, 4) is 23.4 Å². The maximum Gasteiger partial charge on any atom is 0.243 e. The van der Waals surface area contributed by atoms with E-state index in [1.165, 1.54) is 25.0 Å². The number of ether oxygens (including phenoxy) is 2. The first-order valence-electron chi connectivity index (χ1n) is 9.61. The lowest BCUT2D eigenvalue weighted by molar-refractivity contribution is 0.146. The summed E-state index contributed by atoms with van der Waals surface area (Å²) < 4.78 is 64.3. The van der Waals surface area contributed by atoms with Gasteiger partial charge < -0.3 is 9.47 Å². The molecule has 4 aromatic rings. The van der Waals surface area contributed by atoms with Crippen LogP contribution in [0.3, 0.4) is 0 Å². The van der Waals surface area contributed by atoms with Crippen molar-refractivity contribution in [3.05, 3.63) is 47.9 Å². The molecular formula is C20H20F2N6O4S. The summed E-state index contributed by atoms with van der Waals surface area (Å²) in [5.41, 5.74) is 1.64. The molecule has 0 saturated carbocycles.